The molecule has 4 nitrogen and oxygen atoms in total. The van der Waals surface area contributed by atoms with Gasteiger partial charge in [-0.05, 0) is 37.8 Å². The summed E-state index contributed by atoms with van der Waals surface area (Å²) < 4.78 is 5.63. The summed E-state index contributed by atoms with van der Waals surface area (Å²) in [6, 6.07) is 10.9. The summed E-state index contributed by atoms with van der Waals surface area (Å²) in [7, 11) is 0. The van der Waals surface area contributed by atoms with Crippen LogP contribution in [0.1, 0.15) is 44.1 Å². The Hall–Kier alpha value is -1.39. The summed E-state index contributed by atoms with van der Waals surface area (Å²) in [6.45, 7) is 3.90. The Morgan fingerprint density at radius 3 is 2.71 bits per heavy atom. The molecule has 3 rings (SSSR count). The SMILES string of the molecule is O=C(NCCOCc1ccccc1)C1CCCN(C2CCCC2)C1. The Labute approximate surface area is 145 Å². The van der Waals surface area contributed by atoms with Crippen molar-refractivity contribution >= 4 is 5.91 Å². The van der Waals surface area contributed by atoms with E-state index in [1.807, 2.05) is 18.2 Å². The Kier molecular flexibility index (Phi) is 6.67. The summed E-state index contributed by atoms with van der Waals surface area (Å²) in [5.74, 6) is 0.370. The number of nitrogens with zero attached hydrogens (tertiary/aromatic N) is 1. The Morgan fingerprint density at radius 2 is 1.92 bits per heavy atom. The van der Waals surface area contributed by atoms with Gasteiger partial charge in [-0.1, -0.05) is 43.2 Å². The molecular formula is C20H30N2O2. The van der Waals surface area contributed by atoms with Crippen molar-refractivity contribution in [2.24, 2.45) is 5.92 Å². The van der Waals surface area contributed by atoms with Gasteiger partial charge in [0.05, 0.1) is 19.1 Å². The summed E-state index contributed by atoms with van der Waals surface area (Å²) in [4.78, 5) is 15.0. The highest BCUT2D eigenvalue weighted by Gasteiger charge is 2.30. The van der Waals surface area contributed by atoms with Gasteiger partial charge in [0.1, 0.15) is 0 Å². The van der Waals surface area contributed by atoms with Crippen LogP contribution in [0.2, 0.25) is 0 Å². The van der Waals surface area contributed by atoms with E-state index in [0.717, 1.165) is 25.4 Å². The Bertz CT molecular complexity index is 500. The second kappa shape index (κ2) is 9.19. The maximum Gasteiger partial charge on any atom is 0.224 e. The van der Waals surface area contributed by atoms with E-state index in [-0.39, 0.29) is 11.8 Å². The molecule has 0 bridgehead atoms. The number of hydrogen-bond donors (Lipinski definition) is 1. The highest BCUT2D eigenvalue weighted by Crippen LogP contribution is 2.27. The molecule has 1 atom stereocenters. The van der Waals surface area contributed by atoms with Crippen molar-refractivity contribution in [1.82, 2.24) is 10.2 Å². The lowest BCUT2D eigenvalue weighted by Crippen LogP contribution is -2.46. The van der Waals surface area contributed by atoms with E-state index in [9.17, 15) is 4.79 Å². The first-order chi connectivity index (χ1) is 11.8. The number of hydrogen-bond acceptors (Lipinski definition) is 3. The van der Waals surface area contributed by atoms with Gasteiger partial charge in [-0.3, -0.25) is 9.69 Å². The van der Waals surface area contributed by atoms with Crippen molar-refractivity contribution in [1.29, 1.82) is 0 Å². The zero-order valence-corrected chi connectivity index (χ0v) is 14.6. The van der Waals surface area contributed by atoms with Gasteiger partial charge in [0.25, 0.3) is 0 Å². The van der Waals surface area contributed by atoms with Crippen molar-refractivity contribution in [2.45, 2.75) is 51.2 Å². The van der Waals surface area contributed by atoms with Crippen molar-refractivity contribution in [3.63, 3.8) is 0 Å². The number of likely N-dealkylation sites (tertiary alicyclic amines) is 1. The molecular weight excluding hydrogens is 300 g/mol. The fourth-order valence-electron chi connectivity index (χ4n) is 3.98. The minimum atomic E-state index is 0.161. The van der Waals surface area contributed by atoms with E-state index < -0.39 is 0 Å². The maximum absolute atomic E-state index is 12.4. The lowest BCUT2D eigenvalue weighted by molar-refractivity contribution is -0.127. The first-order valence-electron chi connectivity index (χ1n) is 9.46. The van der Waals surface area contributed by atoms with Crippen molar-refractivity contribution in [3.8, 4) is 0 Å². The molecule has 2 fully saturated rings. The van der Waals surface area contributed by atoms with Gasteiger partial charge >= 0.3 is 0 Å². The minimum absolute atomic E-state index is 0.161. The summed E-state index contributed by atoms with van der Waals surface area (Å²) >= 11 is 0. The molecule has 4 heteroatoms. The predicted molar refractivity (Wildman–Crippen MR) is 95.7 cm³/mol. The quantitative estimate of drug-likeness (QED) is 0.782. The van der Waals surface area contributed by atoms with E-state index in [1.54, 1.807) is 0 Å². The fraction of sp³-hybridized carbons (Fsp3) is 0.650. The van der Waals surface area contributed by atoms with Crippen molar-refractivity contribution in [3.05, 3.63) is 35.9 Å². The number of carbonyl (C=O) groups excluding carboxylic acids is 1. The van der Waals surface area contributed by atoms with Crippen LogP contribution in [0, 0.1) is 5.92 Å². The van der Waals surface area contributed by atoms with Gasteiger partial charge in [0.15, 0.2) is 0 Å². The molecule has 1 amide bonds. The molecule has 1 N–H and O–H groups in total. The molecule has 0 radical (unpaired) electrons. The molecule has 0 aromatic heterocycles. The van der Waals surface area contributed by atoms with Crippen molar-refractivity contribution in [2.75, 3.05) is 26.2 Å². The normalized spacial score (nSPS) is 22.6. The van der Waals surface area contributed by atoms with Crippen molar-refractivity contribution < 1.29 is 9.53 Å². The lowest BCUT2D eigenvalue weighted by Gasteiger charge is -2.36. The molecule has 1 saturated carbocycles. The van der Waals surface area contributed by atoms with Gasteiger partial charge in [0.2, 0.25) is 5.91 Å². The molecule has 132 valence electrons. The van der Waals surface area contributed by atoms with Gasteiger partial charge in [-0.2, -0.15) is 0 Å². The van der Waals surface area contributed by atoms with E-state index in [1.165, 1.54) is 37.8 Å². The molecule has 24 heavy (non-hydrogen) atoms. The number of rotatable bonds is 7. The molecule has 1 aromatic rings. The van der Waals surface area contributed by atoms with E-state index in [4.69, 9.17) is 4.74 Å². The van der Waals surface area contributed by atoms with E-state index in [0.29, 0.717) is 19.8 Å². The minimum Gasteiger partial charge on any atom is -0.375 e. The second-order valence-corrected chi connectivity index (χ2v) is 7.10. The van der Waals surface area contributed by atoms with Crippen LogP contribution in [-0.2, 0) is 16.1 Å². The highest BCUT2D eigenvalue weighted by atomic mass is 16.5. The van der Waals surface area contributed by atoms with Crippen LogP contribution in [0.5, 0.6) is 0 Å². The number of ether oxygens (including phenoxy) is 1. The predicted octanol–water partition coefficient (Wildman–Crippen LogP) is 2.97. The third kappa shape index (κ3) is 5.05. The zero-order chi connectivity index (χ0) is 16.6. The third-order valence-electron chi connectivity index (χ3n) is 5.32. The van der Waals surface area contributed by atoms with Crippen LogP contribution in [0.4, 0.5) is 0 Å². The van der Waals surface area contributed by atoms with Gasteiger partial charge in [-0.15, -0.1) is 0 Å². The Morgan fingerprint density at radius 1 is 1.12 bits per heavy atom. The molecule has 2 aliphatic rings. The molecule has 1 aromatic carbocycles. The standard InChI is InChI=1S/C20H30N2O2/c23-20(21-12-14-24-16-17-7-2-1-3-8-17)18-9-6-13-22(15-18)19-10-4-5-11-19/h1-3,7-8,18-19H,4-6,9-16H2,(H,21,23). The first kappa shape index (κ1) is 17.4. The van der Waals surface area contributed by atoms with Gasteiger partial charge < -0.3 is 10.1 Å². The van der Waals surface area contributed by atoms with E-state index in [2.05, 4.69) is 22.3 Å². The van der Waals surface area contributed by atoms with Crippen LogP contribution in [0.3, 0.4) is 0 Å². The van der Waals surface area contributed by atoms with Crippen LogP contribution in [0.25, 0.3) is 0 Å². The molecule has 1 unspecified atom stereocenters. The number of carbonyl (C=O) groups is 1. The molecule has 1 aliphatic heterocycles. The molecule has 1 aliphatic carbocycles. The number of piperidine rings is 1. The average molecular weight is 330 g/mol. The molecule has 0 spiro atoms. The Balaban J connectivity index is 1.32. The first-order valence-corrected chi connectivity index (χ1v) is 9.46. The number of nitrogens with one attached hydrogen (secondary N) is 1. The largest absolute Gasteiger partial charge is 0.375 e. The third-order valence-corrected chi connectivity index (χ3v) is 5.32. The zero-order valence-electron chi connectivity index (χ0n) is 14.6. The van der Waals surface area contributed by atoms with E-state index >= 15 is 0 Å². The maximum atomic E-state index is 12.4. The summed E-state index contributed by atoms with van der Waals surface area (Å²) in [5.41, 5.74) is 1.17. The molecule has 1 heterocycles. The number of amides is 1. The van der Waals surface area contributed by atoms with Crippen LogP contribution >= 0.6 is 0 Å². The molecule has 1 saturated heterocycles. The fourth-order valence-corrected chi connectivity index (χ4v) is 3.98. The second-order valence-electron chi connectivity index (χ2n) is 7.10. The van der Waals surface area contributed by atoms with Gasteiger partial charge in [0, 0.05) is 19.1 Å². The summed E-state index contributed by atoms with van der Waals surface area (Å²) in [6.07, 6.45) is 7.54. The monoisotopic (exact) mass is 330 g/mol. The topological polar surface area (TPSA) is 41.6 Å². The summed E-state index contributed by atoms with van der Waals surface area (Å²) in [5, 5.41) is 3.06. The smallest absolute Gasteiger partial charge is 0.224 e. The van der Waals surface area contributed by atoms with Crippen LogP contribution in [-0.4, -0.2) is 43.1 Å². The average Bonchev–Trinajstić information content (AvgIpc) is 3.17. The van der Waals surface area contributed by atoms with Gasteiger partial charge in [-0.25, -0.2) is 0 Å². The lowest BCUT2D eigenvalue weighted by atomic mass is 9.95. The highest BCUT2D eigenvalue weighted by molar-refractivity contribution is 5.78. The van der Waals surface area contributed by atoms with Crippen LogP contribution in [0.15, 0.2) is 30.3 Å². The van der Waals surface area contributed by atoms with Crippen LogP contribution < -0.4 is 5.32 Å². The number of benzene rings is 1.